The molecule has 0 saturated heterocycles. The third-order valence-electron chi connectivity index (χ3n) is 5.61. The van der Waals surface area contributed by atoms with E-state index in [2.05, 4.69) is 30.7 Å². The van der Waals surface area contributed by atoms with Crippen LogP contribution in [0.4, 0.5) is 17.2 Å². The third-order valence-corrected chi connectivity index (χ3v) is 5.61. The fourth-order valence-corrected chi connectivity index (χ4v) is 3.66. The number of fused-ring (bicyclic) bond motifs is 1. The standard InChI is InChI=1S/C26H23N7O/c1-16-7-4-11-22(18(16)3)30-25(34)19-8-5-10-21(14-19)29-23-13-17(2)28-26-31-24(32-33(23)26)20-9-6-12-27-15-20/h4-15,29H,1-3H3,(H,30,34). The van der Waals surface area contributed by atoms with E-state index in [1.807, 2.05) is 69.3 Å². The van der Waals surface area contributed by atoms with E-state index in [4.69, 9.17) is 0 Å². The lowest BCUT2D eigenvalue weighted by atomic mass is 10.1. The number of hydrogen-bond acceptors (Lipinski definition) is 6. The summed E-state index contributed by atoms with van der Waals surface area (Å²) in [6.07, 6.45) is 3.42. The maximum absolute atomic E-state index is 12.9. The lowest BCUT2D eigenvalue weighted by Gasteiger charge is -2.12. The van der Waals surface area contributed by atoms with E-state index in [0.717, 1.165) is 33.8 Å². The average molecular weight is 450 g/mol. The van der Waals surface area contributed by atoms with Gasteiger partial charge in [-0.2, -0.15) is 9.50 Å². The molecule has 3 heterocycles. The Bertz CT molecular complexity index is 1510. The van der Waals surface area contributed by atoms with Crippen molar-refractivity contribution in [2.75, 3.05) is 10.6 Å². The number of benzene rings is 2. The van der Waals surface area contributed by atoms with Crippen LogP contribution in [0, 0.1) is 20.8 Å². The third kappa shape index (κ3) is 4.21. The number of carbonyl (C=O) groups excluding carboxylic acids is 1. The molecule has 0 aliphatic carbocycles. The molecule has 0 fully saturated rings. The number of aromatic nitrogens is 5. The van der Waals surface area contributed by atoms with Crippen molar-refractivity contribution in [3.8, 4) is 11.4 Å². The fraction of sp³-hybridized carbons (Fsp3) is 0.115. The molecule has 2 aromatic carbocycles. The van der Waals surface area contributed by atoms with Crippen molar-refractivity contribution < 1.29 is 4.79 Å². The predicted octanol–water partition coefficient (Wildman–Crippen LogP) is 5.11. The molecule has 168 valence electrons. The Morgan fingerprint density at radius 3 is 2.62 bits per heavy atom. The highest BCUT2D eigenvalue weighted by atomic mass is 16.1. The van der Waals surface area contributed by atoms with Crippen LogP contribution in [0.15, 0.2) is 73.1 Å². The maximum atomic E-state index is 12.9. The van der Waals surface area contributed by atoms with E-state index in [9.17, 15) is 4.79 Å². The fourth-order valence-electron chi connectivity index (χ4n) is 3.66. The number of nitrogens with one attached hydrogen (secondary N) is 2. The number of aryl methyl sites for hydroxylation is 2. The monoisotopic (exact) mass is 449 g/mol. The van der Waals surface area contributed by atoms with Crippen molar-refractivity contribution in [1.82, 2.24) is 24.6 Å². The molecule has 0 aliphatic heterocycles. The van der Waals surface area contributed by atoms with Gasteiger partial charge >= 0.3 is 0 Å². The minimum atomic E-state index is -0.173. The number of amides is 1. The van der Waals surface area contributed by atoms with Gasteiger partial charge in [0.25, 0.3) is 11.7 Å². The Morgan fingerprint density at radius 2 is 1.79 bits per heavy atom. The van der Waals surface area contributed by atoms with Gasteiger partial charge < -0.3 is 10.6 Å². The summed E-state index contributed by atoms with van der Waals surface area (Å²) in [7, 11) is 0. The first kappa shape index (κ1) is 21.3. The number of anilines is 3. The van der Waals surface area contributed by atoms with Gasteiger partial charge in [-0.05, 0) is 68.3 Å². The van der Waals surface area contributed by atoms with Gasteiger partial charge in [0, 0.05) is 46.7 Å². The Hall–Kier alpha value is -4.59. The van der Waals surface area contributed by atoms with Crippen LogP contribution in [0.5, 0.6) is 0 Å². The summed E-state index contributed by atoms with van der Waals surface area (Å²) < 4.78 is 1.65. The molecule has 3 aromatic heterocycles. The highest BCUT2D eigenvalue weighted by molar-refractivity contribution is 6.05. The average Bonchev–Trinajstić information content (AvgIpc) is 3.27. The zero-order chi connectivity index (χ0) is 23.7. The van der Waals surface area contributed by atoms with Gasteiger partial charge in [-0.3, -0.25) is 9.78 Å². The normalized spacial score (nSPS) is 10.9. The first-order valence-electron chi connectivity index (χ1n) is 10.9. The van der Waals surface area contributed by atoms with Gasteiger partial charge in [0.1, 0.15) is 5.82 Å². The lowest BCUT2D eigenvalue weighted by Crippen LogP contribution is -2.13. The van der Waals surface area contributed by atoms with Crippen LogP contribution < -0.4 is 10.6 Å². The van der Waals surface area contributed by atoms with Gasteiger partial charge in [0.2, 0.25) is 0 Å². The second kappa shape index (κ2) is 8.74. The van der Waals surface area contributed by atoms with Crippen LogP contribution >= 0.6 is 0 Å². The van der Waals surface area contributed by atoms with Gasteiger partial charge in [-0.1, -0.05) is 18.2 Å². The molecule has 1 amide bonds. The number of hydrogen-bond donors (Lipinski definition) is 2. The van der Waals surface area contributed by atoms with Crippen molar-refractivity contribution in [1.29, 1.82) is 0 Å². The molecule has 0 saturated carbocycles. The smallest absolute Gasteiger partial charge is 0.255 e. The van der Waals surface area contributed by atoms with Crippen molar-refractivity contribution >= 4 is 28.9 Å². The van der Waals surface area contributed by atoms with Crippen LogP contribution in [-0.2, 0) is 0 Å². The van der Waals surface area contributed by atoms with Crippen molar-refractivity contribution in [3.05, 3.63) is 95.4 Å². The molecular weight excluding hydrogens is 426 g/mol. The summed E-state index contributed by atoms with van der Waals surface area (Å²) in [5.74, 6) is 1.53. The summed E-state index contributed by atoms with van der Waals surface area (Å²) in [5, 5.41) is 11.0. The summed E-state index contributed by atoms with van der Waals surface area (Å²) in [6.45, 7) is 5.92. The summed E-state index contributed by atoms with van der Waals surface area (Å²) >= 11 is 0. The number of nitrogens with zero attached hydrogens (tertiary/aromatic N) is 5. The zero-order valence-corrected chi connectivity index (χ0v) is 19.1. The Labute approximate surface area is 196 Å². The van der Waals surface area contributed by atoms with Crippen molar-refractivity contribution in [3.63, 3.8) is 0 Å². The second-order valence-corrected chi connectivity index (χ2v) is 8.08. The van der Waals surface area contributed by atoms with E-state index >= 15 is 0 Å². The largest absolute Gasteiger partial charge is 0.340 e. The molecule has 34 heavy (non-hydrogen) atoms. The highest BCUT2D eigenvalue weighted by Gasteiger charge is 2.13. The number of rotatable bonds is 5. The SMILES string of the molecule is Cc1cc(Nc2cccc(C(=O)Nc3cccc(C)c3C)c2)n2nc(-c3cccnc3)nc2n1. The molecule has 0 atom stereocenters. The second-order valence-electron chi connectivity index (χ2n) is 8.08. The molecule has 0 bridgehead atoms. The van der Waals surface area contributed by atoms with Crippen LogP contribution in [0.2, 0.25) is 0 Å². The molecule has 5 rings (SSSR count). The van der Waals surface area contributed by atoms with E-state index in [1.54, 1.807) is 29.0 Å². The van der Waals surface area contributed by atoms with E-state index in [-0.39, 0.29) is 5.91 Å². The van der Waals surface area contributed by atoms with Gasteiger partial charge in [0.15, 0.2) is 5.82 Å². The zero-order valence-electron chi connectivity index (χ0n) is 19.1. The molecule has 0 unspecified atom stereocenters. The molecular formula is C26H23N7O. The van der Waals surface area contributed by atoms with Crippen LogP contribution in [0.25, 0.3) is 17.2 Å². The summed E-state index contributed by atoms with van der Waals surface area (Å²) in [5.41, 5.74) is 5.88. The van der Waals surface area contributed by atoms with Gasteiger partial charge in [-0.15, -0.1) is 5.10 Å². The molecule has 0 aliphatic rings. The highest BCUT2D eigenvalue weighted by Crippen LogP contribution is 2.23. The number of pyridine rings is 1. The van der Waals surface area contributed by atoms with Crippen molar-refractivity contribution in [2.24, 2.45) is 0 Å². The van der Waals surface area contributed by atoms with E-state index < -0.39 is 0 Å². The lowest BCUT2D eigenvalue weighted by molar-refractivity contribution is 0.102. The minimum absolute atomic E-state index is 0.173. The molecule has 8 nitrogen and oxygen atoms in total. The Morgan fingerprint density at radius 1 is 0.941 bits per heavy atom. The maximum Gasteiger partial charge on any atom is 0.255 e. The predicted molar refractivity (Wildman–Crippen MR) is 132 cm³/mol. The Balaban J connectivity index is 1.44. The van der Waals surface area contributed by atoms with E-state index in [0.29, 0.717) is 23.0 Å². The van der Waals surface area contributed by atoms with Gasteiger partial charge in [0.05, 0.1) is 0 Å². The first-order valence-corrected chi connectivity index (χ1v) is 10.9. The topological polar surface area (TPSA) is 97.1 Å². The summed E-state index contributed by atoms with van der Waals surface area (Å²) in [6, 6.07) is 18.8. The van der Waals surface area contributed by atoms with Gasteiger partial charge in [-0.25, -0.2) is 4.98 Å². The Kier molecular flexibility index (Phi) is 5.47. The molecule has 5 aromatic rings. The van der Waals surface area contributed by atoms with E-state index in [1.165, 1.54) is 0 Å². The minimum Gasteiger partial charge on any atom is -0.340 e. The van der Waals surface area contributed by atoms with Crippen LogP contribution in [-0.4, -0.2) is 30.5 Å². The molecule has 8 heteroatoms. The van der Waals surface area contributed by atoms with Crippen LogP contribution in [0.1, 0.15) is 27.2 Å². The van der Waals surface area contributed by atoms with Crippen molar-refractivity contribution in [2.45, 2.75) is 20.8 Å². The van der Waals surface area contributed by atoms with Crippen LogP contribution in [0.3, 0.4) is 0 Å². The molecule has 0 spiro atoms. The first-order chi connectivity index (χ1) is 16.5. The molecule has 2 N–H and O–H groups in total. The quantitative estimate of drug-likeness (QED) is 0.387. The summed E-state index contributed by atoms with van der Waals surface area (Å²) in [4.78, 5) is 26.1. The molecule has 0 radical (unpaired) electrons. The number of carbonyl (C=O) groups is 1.